The van der Waals surface area contributed by atoms with E-state index in [1.807, 2.05) is 0 Å². The molecule has 0 saturated carbocycles. The predicted molar refractivity (Wildman–Crippen MR) is 64.8 cm³/mol. The monoisotopic (exact) mass is 244 g/mol. The number of nitrogens with zero attached hydrogens (tertiary/aromatic N) is 2. The summed E-state index contributed by atoms with van der Waals surface area (Å²) in [5.74, 6) is 0.335. The number of benzene rings is 1. The Morgan fingerprint density at radius 3 is 2.72 bits per heavy atom. The molecule has 1 aromatic carbocycles. The molecule has 3 aromatic rings. The maximum atomic E-state index is 11.4. The third kappa shape index (κ3) is 1.45. The first-order chi connectivity index (χ1) is 8.69. The lowest BCUT2D eigenvalue weighted by molar-refractivity contribution is 0.398. The topological polar surface area (TPSA) is 101 Å². The van der Waals surface area contributed by atoms with Crippen molar-refractivity contribution in [2.45, 2.75) is 0 Å². The molecule has 0 bridgehead atoms. The summed E-state index contributed by atoms with van der Waals surface area (Å²) in [6.07, 6.45) is 1.48. The van der Waals surface area contributed by atoms with Crippen LogP contribution in [0.25, 0.3) is 22.1 Å². The van der Waals surface area contributed by atoms with Crippen molar-refractivity contribution >= 4 is 22.1 Å². The Bertz CT molecular complexity index is 865. The number of hydrogen-bond donors (Lipinski definition) is 2. The van der Waals surface area contributed by atoms with Crippen molar-refractivity contribution in [1.29, 1.82) is 0 Å². The minimum Gasteiger partial charge on any atom is -0.480 e. The molecule has 18 heavy (non-hydrogen) atoms. The molecule has 0 atom stereocenters. The minimum atomic E-state index is -0.723. The fourth-order valence-corrected chi connectivity index (χ4v) is 1.74. The van der Waals surface area contributed by atoms with Gasteiger partial charge in [0, 0.05) is 0 Å². The molecule has 2 N–H and O–H groups in total. The zero-order chi connectivity index (χ0) is 12.7. The average Bonchev–Trinajstić information content (AvgIpc) is 2.39. The molecule has 7 nitrogen and oxygen atoms in total. The first-order valence-electron chi connectivity index (χ1n) is 5.15. The van der Waals surface area contributed by atoms with Crippen molar-refractivity contribution in [3.63, 3.8) is 0 Å². The van der Waals surface area contributed by atoms with Gasteiger partial charge in [-0.2, -0.15) is 0 Å². The molecule has 0 spiro atoms. The predicted octanol–water partition coefficient (Wildman–Crippen LogP) is 0.168. The Kier molecular flexibility index (Phi) is 2.12. The molecule has 0 saturated heterocycles. The Labute approximate surface area is 99.5 Å². The smallest absolute Gasteiger partial charge is 0.314 e. The third-order valence-electron chi connectivity index (χ3n) is 2.59. The van der Waals surface area contributed by atoms with Crippen molar-refractivity contribution in [2.24, 2.45) is 0 Å². The van der Waals surface area contributed by atoms with E-state index in [1.54, 1.807) is 12.1 Å². The van der Waals surface area contributed by atoms with Crippen molar-refractivity contribution in [2.75, 3.05) is 7.11 Å². The van der Waals surface area contributed by atoms with Crippen LogP contribution in [0.1, 0.15) is 0 Å². The molecule has 0 aliphatic rings. The van der Waals surface area contributed by atoms with Crippen molar-refractivity contribution in [3.05, 3.63) is 39.0 Å². The van der Waals surface area contributed by atoms with Gasteiger partial charge in [0.25, 0.3) is 0 Å². The van der Waals surface area contributed by atoms with Crippen LogP contribution in [0.5, 0.6) is 5.88 Å². The number of aromatic amines is 2. The number of aromatic nitrogens is 4. The molecule has 0 amide bonds. The van der Waals surface area contributed by atoms with E-state index in [1.165, 1.54) is 13.3 Å². The fourth-order valence-electron chi connectivity index (χ4n) is 1.74. The van der Waals surface area contributed by atoms with Crippen LogP contribution in [0.4, 0.5) is 0 Å². The summed E-state index contributed by atoms with van der Waals surface area (Å²) in [5, 5.41) is 0. The van der Waals surface area contributed by atoms with Crippen molar-refractivity contribution in [3.8, 4) is 5.88 Å². The van der Waals surface area contributed by atoms with E-state index < -0.39 is 11.1 Å². The molecule has 90 valence electrons. The second-order valence-electron chi connectivity index (χ2n) is 3.68. The lowest BCUT2D eigenvalue weighted by Crippen LogP contribution is -2.29. The molecule has 0 fully saturated rings. The summed E-state index contributed by atoms with van der Waals surface area (Å²) in [7, 11) is 1.48. The van der Waals surface area contributed by atoms with E-state index in [4.69, 9.17) is 4.74 Å². The summed E-state index contributed by atoms with van der Waals surface area (Å²) < 4.78 is 4.99. The summed E-state index contributed by atoms with van der Waals surface area (Å²) >= 11 is 0. The van der Waals surface area contributed by atoms with Gasteiger partial charge >= 0.3 is 11.1 Å². The number of ether oxygens (including phenoxy) is 1. The number of hydrogen-bond acceptors (Lipinski definition) is 5. The van der Waals surface area contributed by atoms with Crippen molar-refractivity contribution < 1.29 is 4.74 Å². The van der Waals surface area contributed by atoms with Gasteiger partial charge in [-0.1, -0.05) is 0 Å². The Morgan fingerprint density at radius 2 is 1.94 bits per heavy atom. The van der Waals surface area contributed by atoms with Gasteiger partial charge in [-0.25, -0.2) is 9.97 Å². The molecular weight excluding hydrogens is 236 g/mol. The summed E-state index contributed by atoms with van der Waals surface area (Å²) in [4.78, 5) is 35.9. The Hall–Kier alpha value is -2.70. The van der Waals surface area contributed by atoms with E-state index in [-0.39, 0.29) is 0 Å². The molecule has 0 aliphatic carbocycles. The second kappa shape index (κ2) is 3.66. The normalized spacial score (nSPS) is 10.9. The second-order valence-corrected chi connectivity index (χ2v) is 3.68. The molecular formula is C11H8N4O3. The van der Waals surface area contributed by atoms with Crippen LogP contribution in [0.3, 0.4) is 0 Å². The van der Waals surface area contributed by atoms with Gasteiger partial charge in [0.15, 0.2) is 0 Å². The van der Waals surface area contributed by atoms with Crippen LogP contribution in [0.15, 0.2) is 27.9 Å². The Balaban J connectivity index is 2.54. The quantitative estimate of drug-likeness (QED) is 0.469. The first-order valence-corrected chi connectivity index (χ1v) is 5.15. The zero-order valence-corrected chi connectivity index (χ0v) is 9.35. The van der Waals surface area contributed by atoms with Crippen LogP contribution in [0.2, 0.25) is 0 Å². The number of methoxy groups -OCH3 is 1. The highest BCUT2D eigenvalue weighted by Gasteiger charge is 2.07. The molecule has 2 heterocycles. The van der Waals surface area contributed by atoms with E-state index in [9.17, 15) is 9.59 Å². The van der Waals surface area contributed by atoms with Gasteiger partial charge in [-0.3, -0.25) is 9.59 Å². The number of nitrogens with one attached hydrogen (secondary N) is 2. The average molecular weight is 244 g/mol. The molecule has 7 heteroatoms. The van der Waals surface area contributed by atoms with E-state index in [2.05, 4.69) is 19.9 Å². The standard InChI is InChI=1S/C11H8N4O3/c1-18-7-4-12-5-2-3-6-9(8(5)14-7)15-11(17)10(16)13-6/h2-4H,1H3,(H,13,16)(H,15,17). The van der Waals surface area contributed by atoms with Crippen LogP contribution in [0, 0.1) is 0 Å². The number of rotatable bonds is 1. The molecule has 2 aromatic heterocycles. The SMILES string of the molecule is COc1cnc2ccc3[nH]c(=O)c(=O)[nH]c3c2n1. The fraction of sp³-hybridized carbons (Fsp3) is 0.0909. The lowest BCUT2D eigenvalue weighted by Gasteiger charge is -2.03. The number of fused-ring (bicyclic) bond motifs is 3. The zero-order valence-electron chi connectivity index (χ0n) is 9.35. The van der Waals surface area contributed by atoms with Crippen LogP contribution < -0.4 is 15.9 Å². The van der Waals surface area contributed by atoms with Crippen LogP contribution in [-0.4, -0.2) is 27.0 Å². The molecule has 0 aliphatic heterocycles. The van der Waals surface area contributed by atoms with Gasteiger partial charge in [0.05, 0.1) is 29.9 Å². The Morgan fingerprint density at radius 1 is 1.17 bits per heavy atom. The van der Waals surface area contributed by atoms with E-state index in [0.717, 1.165) is 0 Å². The summed E-state index contributed by atoms with van der Waals surface area (Å²) in [6.45, 7) is 0. The van der Waals surface area contributed by atoms with Gasteiger partial charge in [0.1, 0.15) is 5.52 Å². The third-order valence-corrected chi connectivity index (χ3v) is 2.59. The maximum absolute atomic E-state index is 11.4. The largest absolute Gasteiger partial charge is 0.480 e. The van der Waals surface area contributed by atoms with Crippen molar-refractivity contribution in [1.82, 2.24) is 19.9 Å². The van der Waals surface area contributed by atoms with Crippen LogP contribution in [-0.2, 0) is 0 Å². The van der Waals surface area contributed by atoms with Gasteiger partial charge in [-0.05, 0) is 12.1 Å². The summed E-state index contributed by atoms with van der Waals surface area (Å²) in [6, 6.07) is 3.37. The maximum Gasteiger partial charge on any atom is 0.314 e. The van der Waals surface area contributed by atoms with Gasteiger partial charge in [0.2, 0.25) is 5.88 Å². The van der Waals surface area contributed by atoms with Gasteiger partial charge < -0.3 is 14.7 Å². The van der Waals surface area contributed by atoms with E-state index in [0.29, 0.717) is 27.9 Å². The molecule has 0 radical (unpaired) electrons. The highest BCUT2D eigenvalue weighted by atomic mass is 16.5. The lowest BCUT2D eigenvalue weighted by atomic mass is 10.2. The van der Waals surface area contributed by atoms with E-state index >= 15 is 0 Å². The summed E-state index contributed by atoms with van der Waals surface area (Å²) in [5.41, 5.74) is 0.585. The molecule has 3 rings (SSSR count). The highest BCUT2D eigenvalue weighted by molar-refractivity contribution is 5.99. The highest BCUT2D eigenvalue weighted by Crippen LogP contribution is 2.19. The molecule has 0 unspecified atom stereocenters. The first kappa shape index (κ1) is 10.5. The minimum absolute atomic E-state index is 0.335. The number of H-pyrrole nitrogens is 2. The van der Waals surface area contributed by atoms with Crippen LogP contribution >= 0.6 is 0 Å². The van der Waals surface area contributed by atoms with Gasteiger partial charge in [-0.15, -0.1) is 0 Å².